The van der Waals surface area contributed by atoms with E-state index >= 15 is 0 Å². The Balaban J connectivity index is 1.61. The Morgan fingerprint density at radius 3 is 2.06 bits per heavy atom. The second-order valence-electron chi connectivity index (χ2n) is 6.66. The number of phenols is 1. The van der Waals surface area contributed by atoms with E-state index in [2.05, 4.69) is 10.9 Å². The minimum absolute atomic E-state index is 0.0314. The standard InChI is InChI=1S/C24H17ClN2O4/c25-19-13-17(11-12-20(19)28)23(29)26-27-24(30)22-21(16-9-5-2-6-10-16)18(14-31-22)15-7-3-1-4-8-15/h1-14,28H,(H,26,29)(H,27,30). The Hall–Kier alpha value is -4.03. The Kier molecular flexibility index (Phi) is 5.73. The summed E-state index contributed by atoms with van der Waals surface area (Å²) in [5, 5.41) is 9.51. The number of hydrogen-bond donors (Lipinski definition) is 3. The Labute approximate surface area is 183 Å². The number of carbonyl (C=O) groups excluding carboxylic acids is 2. The molecule has 0 bridgehead atoms. The van der Waals surface area contributed by atoms with Crippen LogP contribution in [0.3, 0.4) is 0 Å². The maximum Gasteiger partial charge on any atom is 0.306 e. The number of amides is 2. The van der Waals surface area contributed by atoms with Gasteiger partial charge in [0.15, 0.2) is 0 Å². The van der Waals surface area contributed by atoms with Crippen molar-refractivity contribution in [1.82, 2.24) is 10.9 Å². The molecule has 0 atom stereocenters. The first kappa shape index (κ1) is 20.3. The summed E-state index contributed by atoms with van der Waals surface area (Å²) in [7, 11) is 0. The maximum atomic E-state index is 12.9. The lowest BCUT2D eigenvalue weighted by Crippen LogP contribution is -2.41. The molecule has 7 heteroatoms. The minimum atomic E-state index is -0.612. The molecule has 1 heterocycles. The molecule has 0 aliphatic heterocycles. The zero-order valence-electron chi connectivity index (χ0n) is 16.1. The fourth-order valence-electron chi connectivity index (χ4n) is 3.14. The van der Waals surface area contributed by atoms with Crippen molar-refractivity contribution >= 4 is 23.4 Å². The number of carbonyl (C=O) groups is 2. The third kappa shape index (κ3) is 4.29. The highest BCUT2D eigenvalue weighted by molar-refractivity contribution is 6.32. The molecule has 0 spiro atoms. The molecule has 154 valence electrons. The van der Waals surface area contributed by atoms with Gasteiger partial charge in [-0.05, 0) is 29.3 Å². The van der Waals surface area contributed by atoms with Gasteiger partial charge in [0.25, 0.3) is 5.91 Å². The van der Waals surface area contributed by atoms with E-state index in [9.17, 15) is 14.7 Å². The SMILES string of the molecule is O=C(NNC(=O)c1occ(-c2ccccc2)c1-c1ccccc1)c1ccc(O)c(Cl)c1. The van der Waals surface area contributed by atoms with Crippen molar-refractivity contribution in [2.75, 3.05) is 0 Å². The monoisotopic (exact) mass is 432 g/mol. The summed E-state index contributed by atoms with van der Waals surface area (Å²) in [6, 6.07) is 22.9. The van der Waals surface area contributed by atoms with E-state index in [4.69, 9.17) is 16.0 Å². The van der Waals surface area contributed by atoms with Crippen LogP contribution in [-0.4, -0.2) is 16.9 Å². The van der Waals surface area contributed by atoms with Gasteiger partial charge in [-0.2, -0.15) is 0 Å². The van der Waals surface area contributed by atoms with E-state index < -0.39 is 11.8 Å². The van der Waals surface area contributed by atoms with E-state index in [0.29, 0.717) is 5.56 Å². The first-order valence-corrected chi connectivity index (χ1v) is 9.74. The molecule has 0 fully saturated rings. The molecular formula is C24H17ClN2O4. The van der Waals surface area contributed by atoms with Crippen LogP contribution in [-0.2, 0) is 0 Å². The van der Waals surface area contributed by atoms with E-state index in [1.807, 2.05) is 60.7 Å². The van der Waals surface area contributed by atoms with Gasteiger partial charge in [-0.15, -0.1) is 0 Å². The largest absolute Gasteiger partial charge is 0.506 e. The summed E-state index contributed by atoms with van der Waals surface area (Å²) >= 11 is 5.83. The molecule has 2 amide bonds. The average Bonchev–Trinajstić information content (AvgIpc) is 3.25. The third-order valence-electron chi connectivity index (χ3n) is 4.64. The van der Waals surface area contributed by atoms with Crippen LogP contribution in [0.5, 0.6) is 5.75 Å². The summed E-state index contributed by atoms with van der Waals surface area (Å²) in [5.41, 5.74) is 7.95. The quantitative estimate of drug-likeness (QED) is 0.393. The predicted molar refractivity (Wildman–Crippen MR) is 118 cm³/mol. The van der Waals surface area contributed by atoms with Crippen molar-refractivity contribution < 1.29 is 19.1 Å². The molecule has 6 nitrogen and oxygen atoms in total. The molecule has 0 saturated heterocycles. The van der Waals surface area contributed by atoms with Crippen molar-refractivity contribution in [2.45, 2.75) is 0 Å². The normalized spacial score (nSPS) is 10.5. The number of furan rings is 1. The minimum Gasteiger partial charge on any atom is -0.506 e. The predicted octanol–water partition coefficient (Wildman–Crippen LogP) is 5.05. The molecule has 4 aromatic rings. The zero-order chi connectivity index (χ0) is 21.8. The highest BCUT2D eigenvalue weighted by atomic mass is 35.5. The first-order chi connectivity index (χ1) is 15.0. The summed E-state index contributed by atoms with van der Waals surface area (Å²) < 4.78 is 5.62. The van der Waals surface area contributed by atoms with Crippen LogP contribution in [0.25, 0.3) is 22.3 Å². The smallest absolute Gasteiger partial charge is 0.306 e. The van der Waals surface area contributed by atoms with Gasteiger partial charge >= 0.3 is 5.91 Å². The van der Waals surface area contributed by atoms with E-state index in [1.165, 1.54) is 24.5 Å². The van der Waals surface area contributed by atoms with Crippen molar-refractivity contribution in [3.63, 3.8) is 0 Å². The van der Waals surface area contributed by atoms with E-state index in [1.54, 1.807) is 0 Å². The fourth-order valence-corrected chi connectivity index (χ4v) is 3.32. The highest BCUT2D eigenvalue weighted by Gasteiger charge is 2.23. The molecule has 0 saturated carbocycles. The lowest BCUT2D eigenvalue weighted by atomic mass is 9.96. The molecule has 31 heavy (non-hydrogen) atoms. The molecule has 3 aromatic carbocycles. The second kappa shape index (κ2) is 8.77. The lowest BCUT2D eigenvalue weighted by molar-refractivity contribution is 0.0831. The fraction of sp³-hybridized carbons (Fsp3) is 0. The molecule has 0 unspecified atom stereocenters. The average molecular weight is 433 g/mol. The van der Waals surface area contributed by atoms with Gasteiger partial charge in [0.1, 0.15) is 5.75 Å². The zero-order valence-corrected chi connectivity index (χ0v) is 16.9. The number of halogens is 1. The number of hydrogen-bond acceptors (Lipinski definition) is 4. The van der Waals surface area contributed by atoms with Crippen LogP contribution >= 0.6 is 11.6 Å². The molecule has 4 rings (SSSR count). The van der Waals surface area contributed by atoms with Crippen molar-refractivity contribution in [2.24, 2.45) is 0 Å². The summed E-state index contributed by atoms with van der Waals surface area (Å²) in [5.74, 6) is -1.28. The summed E-state index contributed by atoms with van der Waals surface area (Å²) in [4.78, 5) is 25.2. The van der Waals surface area contributed by atoms with Gasteiger partial charge < -0.3 is 9.52 Å². The Morgan fingerprint density at radius 2 is 1.42 bits per heavy atom. The number of rotatable bonds is 4. The van der Waals surface area contributed by atoms with Crippen molar-refractivity contribution in [1.29, 1.82) is 0 Å². The van der Waals surface area contributed by atoms with Crippen LogP contribution < -0.4 is 10.9 Å². The van der Waals surface area contributed by atoms with Crippen LogP contribution in [0.15, 0.2) is 89.5 Å². The van der Waals surface area contributed by atoms with E-state index in [0.717, 1.165) is 16.7 Å². The molecule has 0 aliphatic rings. The van der Waals surface area contributed by atoms with Gasteiger partial charge in [0.2, 0.25) is 5.76 Å². The number of nitrogens with one attached hydrogen (secondary N) is 2. The Bertz CT molecular complexity index is 1240. The van der Waals surface area contributed by atoms with Gasteiger partial charge in [-0.1, -0.05) is 72.3 Å². The van der Waals surface area contributed by atoms with Gasteiger partial charge in [-0.25, -0.2) is 0 Å². The van der Waals surface area contributed by atoms with Crippen LogP contribution in [0.2, 0.25) is 5.02 Å². The third-order valence-corrected chi connectivity index (χ3v) is 4.95. The molecule has 0 radical (unpaired) electrons. The lowest BCUT2D eigenvalue weighted by Gasteiger charge is -2.09. The van der Waals surface area contributed by atoms with Crippen molar-refractivity contribution in [3.8, 4) is 28.0 Å². The van der Waals surface area contributed by atoms with Gasteiger partial charge in [-0.3, -0.25) is 20.4 Å². The molecule has 0 aliphatic carbocycles. The highest BCUT2D eigenvalue weighted by Crippen LogP contribution is 2.36. The Morgan fingerprint density at radius 1 is 0.806 bits per heavy atom. The van der Waals surface area contributed by atoms with E-state index in [-0.39, 0.29) is 22.1 Å². The van der Waals surface area contributed by atoms with Crippen LogP contribution in [0.4, 0.5) is 0 Å². The number of hydrazine groups is 1. The molecule has 3 N–H and O–H groups in total. The van der Waals surface area contributed by atoms with Gasteiger partial charge in [0, 0.05) is 16.7 Å². The molecular weight excluding hydrogens is 416 g/mol. The van der Waals surface area contributed by atoms with Gasteiger partial charge in [0.05, 0.1) is 11.3 Å². The first-order valence-electron chi connectivity index (χ1n) is 9.36. The maximum absolute atomic E-state index is 12.9. The number of phenolic OH excluding ortho intramolecular Hbond substituents is 1. The second-order valence-corrected chi connectivity index (χ2v) is 7.07. The summed E-state index contributed by atoms with van der Waals surface area (Å²) in [6.45, 7) is 0. The van der Waals surface area contributed by atoms with Crippen LogP contribution in [0.1, 0.15) is 20.9 Å². The number of aromatic hydroxyl groups is 1. The topological polar surface area (TPSA) is 91.6 Å². The summed E-state index contributed by atoms with van der Waals surface area (Å²) in [6.07, 6.45) is 1.52. The molecule has 1 aromatic heterocycles. The number of benzene rings is 3. The van der Waals surface area contributed by atoms with Crippen LogP contribution in [0, 0.1) is 0 Å². The van der Waals surface area contributed by atoms with Crippen molar-refractivity contribution in [3.05, 3.63) is 101 Å².